The van der Waals surface area contributed by atoms with E-state index in [1.54, 1.807) is 11.8 Å². The van der Waals surface area contributed by atoms with Crippen LogP contribution in [-0.4, -0.2) is 66.7 Å². The second kappa shape index (κ2) is 5.31. The lowest BCUT2D eigenvalue weighted by Crippen LogP contribution is -2.48. The van der Waals surface area contributed by atoms with Gasteiger partial charge in [0.15, 0.2) is 0 Å². The number of nitrogen functional groups attached to an aromatic ring is 1. The smallest absolute Gasteiger partial charge is 0.258 e. The number of aromatic nitrogens is 6. The van der Waals surface area contributed by atoms with Gasteiger partial charge in [0, 0.05) is 33.1 Å². The standard InChI is InChI=1S/C11H15N9O/c1-8(21)18-2-4-19(5-3-18)10-15-9(12)16-11(17-10)20-7-13-6-14-20/h6-7H,2-5H2,1H3,(H2,12,15,16,17). The third-order valence-electron chi connectivity index (χ3n) is 3.26. The average molecular weight is 289 g/mol. The Morgan fingerprint density at radius 3 is 2.48 bits per heavy atom. The molecule has 3 rings (SSSR count). The Morgan fingerprint density at radius 2 is 1.86 bits per heavy atom. The van der Waals surface area contributed by atoms with E-state index in [1.165, 1.54) is 17.3 Å². The first-order chi connectivity index (χ1) is 10.1. The Morgan fingerprint density at radius 1 is 1.14 bits per heavy atom. The van der Waals surface area contributed by atoms with Crippen LogP contribution in [0.3, 0.4) is 0 Å². The van der Waals surface area contributed by atoms with E-state index in [1.807, 2.05) is 4.90 Å². The second-order valence-corrected chi connectivity index (χ2v) is 4.63. The molecule has 0 radical (unpaired) electrons. The lowest BCUT2D eigenvalue weighted by atomic mass is 10.3. The lowest BCUT2D eigenvalue weighted by molar-refractivity contribution is -0.129. The van der Waals surface area contributed by atoms with Crippen molar-refractivity contribution >= 4 is 17.8 Å². The molecular formula is C11H15N9O. The number of rotatable bonds is 2. The van der Waals surface area contributed by atoms with E-state index in [0.29, 0.717) is 38.1 Å². The molecule has 0 atom stereocenters. The van der Waals surface area contributed by atoms with Crippen LogP contribution < -0.4 is 10.6 Å². The molecule has 0 bridgehead atoms. The summed E-state index contributed by atoms with van der Waals surface area (Å²) in [6.45, 7) is 4.15. The Bertz CT molecular complexity index is 633. The molecule has 0 spiro atoms. The largest absolute Gasteiger partial charge is 0.368 e. The predicted molar refractivity (Wildman–Crippen MR) is 73.6 cm³/mol. The van der Waals surface area contributed by atoms with E-state index in [9.17, 15) is 4.79 Å². The van der Waals surface area contributed by atoms with Gasteiger partial charge in [-0.1, -0.05) is 0 Å². The highest BCUT2D eigenvalue weighted by Gasteiger charge is 2.21. The molecular weight excluding hydrogens is 274 g/mol. The summed E-state index contributed by atoms with van der Waals surface area (Å²) in [5, 5.41) is 3.97. The van der Waals surface area contributed by atoms with Crippen LogP contribution in [-0.2, 0) is 4.79 Å². The third-order valence-corrected chi connectivity index (χ3v) is 3.26. The number of nitrogens with two attached hydrogens (primary N) is 1. The summed E-state index contributed by atoms with van der Waals surface area (Å²) >= 11 is 0. The predicted octanol–water partition coefficient (Wildman–Crippen LogP) is -1.30. The number of piperazine rings is 1. The number of nitrogens with zero attached hydrogens (tertiary/aromatic N) is 8. The summed E-state index contributed by atoms with van der Waals surface area (Å²) in [7, 11) is 0. The van der Waals surface area contributed by atoms with Crippen molar-refractivity contribution in [3.63, 3.8) is 0 Å². The van der Waals surface area contributed by atoms with Crippen molar-refractivity contribution in [3.05, 3.63) is 12.7 Å². The molecule has 0 unspecified atom stereocenters. The molecule has 2 N–H and O–H groups in total. The molecule has 0 aromatic carbocycles. The van der Waals surface area contributed by atoms with Crippen LogP contribution in [0.2, 0.25) is 0 Å². The number of carbonyl (C=O) groups excluding carboxylic acids is 1. The van der Waals surface area contributed by atoms with Gasteiger partial charge >= 0.3 is 0 Å². The first-order valence-electron chi connectivity index (χ1n) is 6.50. The van der Waals surface area contributed by atoms with Gasteiger partial charge < -0.3 is 15.5 Å². The number of anilines is 2. The molecule has 110 valence electrons. The summed E-state index contributed by atoms with van der Waals surface area (Å²) in [5.41, 5.74) is 5.73. The molecule has 2 aromatic rings. The molecule has 10 heteroatoms. The molecule has 0 saturated carbocycles. The van der Waals surface area contributed by atoms with Crippen LogP contribution in [0, 0.1) is 0 Å². The zero-order valence-corrected chi connectivity index (χ0v) is 11.5. The van der Waals surface area contributed by atoms with Gasteiger partial charge in [-0.05, 0) is 0 Å². The third kappa shape index (κ3) is 2.73. The Labute approximate surface area is 120 Å². The van der Waals surface area contributed by atoms with Crippen LogP contribution in [0.4, 0.5) is 11.9 Å². The number of hydrogen-bond acceptors (Lipinski definition) is 8. The minimum Gasteiger partial charge on any atom is -0.368 e. The average Bonchev–Trinajstić information content (AvgIpc) is 3.01. The van der Waals surface area contributed by atoms with E-state index in [4.69, 9.17) is 5.73 Å². The zero-order chi connectivity index (χ0) is 14.8. The van der Waals surface area contributed by atoms with Crippen molar-refractivity contribution in [2.24, 2.45) is 0 Å². The van der Waals surface area contributed by atoms with Crippen LogP contribution in [0.1, 0.15) is 6.92 Å². The molecule has 3 heterocycles. The summed E-state index contributed by atoms with van der Waals surface area (Å²) in [5.74, 6) is 1.01. The molecule has 1 aliphatic heterocycles. The summed E-state index contributed by atoms with van der Waals surface area (Å²) in [6, 6.07) is 0. The highest BCUT2D eigenvalue weighted by atomic mass is 16.2. The molecule has 1 amide bonds. The fourth-order valence-corrected chi connectivity index (χ4v) is 2.15. The number of amides is 1. The van der Waals surface area contributed by atoms with Crippen molar-refractivity contribution in [1.29, 1.82) is 0 Å². The fourth-order valence-electron chi connectivity index (χ4n) is 2.15. The van der Waals surface area contributed by atoms with Gasteiger partial charge in [0.05, 0.1) is 0 Å². The van der Waals surface area contributed by atoms with Gasteiger partial charge in [0.25, 0.3) is 5.95 Å². The quantitative estimate of drug-likeness (QED) is 0.724. The van der Waals surface area contributed by atoms with Gasteiger partial charge in [-0.2, -0.15) is 24.7 Å². The highest BCUT2D eigenvalue weighted by Crippen LogP contribution is 2.13. The number of hydrogen-bond donors (Lipinski definition) is 1. The van der Waals surface area contributed by atoms with E-state index in [0.717, 1.165) is 0 Å². The summed E-state index contributed by atoms with van der Waals surface area (Å²) < 4.78 is 1.42. The first-order valence-corrected chi connectivity index (χ1v) is 6.50. The Hall–Kier alpha value is -2.78. The Kier molecular flexibility index (Phi) is 3.34. The van der Waals surface area contributed by atoms with Crippen LogP contribution in [0.5, 0.6) is 0 Å². The maximum absolute atomic E-state index is 11.3. The maximum atomic E-state index is 11.3. The molecule has 10 nitrogen and oxygen atoms in total. The van der Waals surface area contributed by atoms with Crippen molar-refractivity contribution < 1.29 is 4.79 Å². The minimum absolute atomic E-state index is 0.0770. The van der Waals surface area contributed by atoms with Gasteiger partial charge in [-0.25, -0.2) is 4.98 Å². The van der Waals surface area contributed by atoms with Crippen LogP contribution in [0.15, 0.2) is 12.7 Å². The summed E-state index contributed by atoms with van der Waals surface area (Å²) in [4.78, 5) is 31.5. The molecule has 0 aliphatic carbocycles. The zero-order valence-electron chi connectivity index (χ0n) is 11.5. The SMILES string of the molecule is CC(=O)N1CCN(c2nc(N)nc(-n3cncn3)n2)CC1. The van der Waals surface area contributed by atoms with Gasteiger partial charge in [-0.3, -0.25) is 4.79 Å². The van der Waals surface area contributed by atoms with Gasteiger partial charge in [-0.15, -0.1) is 0 Å². The van der Waals surface area contributed by atoms with E-state index in [-0.39, 0.29) is 11.9 Å². The first kappa shape index (κ1) is 13.2. The van der Waals surface area contributed by atoms with Crippen LogP contribution in [0.25, 0.3) is 5.95 Å². The fraction of sp³-hybridized carbons (Fsp3) is 0.455. The van der Waals surface area contributed by atoms with Crippen molar-refractivity contribution in [3.8, 4) is 5.95 Å². The molecule has 1 aliphatic rings. The van der Waals surface area contributed by atoms with Crippen molar-refractivity contribution in [2.45, 2.75) is 6.92 Å². The normalized spacial score (nSPS) is 15.3. The monoisotopic (exact) mass is 289 g/mol. The van der Waals surface area contributed by atoms with E-state index >= 15 is 0 Å². The molecule has 21 heavy (non-hydrogen) atoms. The maximum Gasteiger partial charge on any atom is 0.258 e. The molecule has 2 aromatic heterocycles. The van der Waals surface area contributed by atoms with Gasteiger partial charge in [0.2, 0.25) is 17.8 Å². The minimum atomic E-state index is 0.0770. The van der Waals surface area contributed by atoms with E-state index in [2.05, 4.69) is 25.0 Å². The summed E-state index contributed by atoms with van der Waals surface area (Å²) in [6.07, 6.45) is 2.89. The van der Waals surface area contributed by atoms with Gasteiger partial charge in [0.1, 0.15) is 12.7 Å². The second-order valence-electron chi connectivity index (χ2n) is 4.63. The Balaban J connectivity index is 1.82. The number of carbonyl (C=O) groups is 1. The topological polar surface area (TPSA) is 119 Å². The van der Waals surface area contributed by atoms with Crippen LogP contribution >= 0.6 is 0 Å². The van der Waals surface area contributed by atoms with Crippen molar-refractivity contribution in [1.82, 2.24) is 34.6 Å². The lowest BCUT2D eigenvalue weighted by Gasteiger charge is -2.34. The molecule has 1 fully saturated rings. The highest BCUT2D eigenvalue weighted by molar-refractivity contribution is 5.73. The van der Waals surface area contributed by atoms with Crippen molar-refractivity contribution in [2.75, 3.05) is 36.8 Å². The molecule has 1 saturated heterocycles. The van der Waals surface area contributed by atoms with E-state index < -0.39 is 0 Å².